The van der Waals surface area contributed by atoms with Crippen LogP contribution < -0.4 is 15.4 Å². The van der Waals surface area contributed by atoms with E-state index >= 15 is 0 Å². The van der Waals surface area contributed by atoms with E-state index in [1.165, 1.54) is 6.92 Å². The number of carbonyl (C=O) groups excluding carboxylic acids is 2. The standard InChI is InChI=1S/C16H20N2O4/c1-9(18-16(20)10(2)17-11(3)19)14-8-12-6-5-7-13(21-4)15(12)22-14/h5-10H,1-4H3,(H,17,19)(H,18,20)/t9-,10-/m1/s1. The number of hydrogen-bond donors (Lipinski definition) is 2. The van der Waals surface area contributed by atoms with Crippen molar-refractivity contribution < 1.29 is 18.7 Å². The first-order valence-corrected chi connectivity index (χ1v) is 7.06. The average molecular weight is 304 g/mol. The van der Waals surface area contributed by atoms with E-state index in [9.17, 15) is 9.59 Å². The maximum absolute atomic E-state index is 12.0. The predicted octanol–water partition coefficient (Wildman–Crippen LogP) is 2.14. The lowest BCUT2D eigenvalue weighted by Crippen LogP contribution is -2.44. The molecule has 0 spiro atoms. The summed E-state index contributed by atoms with van der Waals surface area (Å²) in [7, 11) is 1.58. The molecule has 2 atom stereocenters. The van der Waals surface area contributed by atoms with Crippen molar-refractivity contribution in [3.05, 3.63) is 30.0 Å². The van der Waals surface area contributed by atoms with Crippen molar-refractivity contribution in [1.82, 2.24) is 10.6 Å². The van der Waals surface area contributed by atoms with Gasteiger partial charge in [-0.15, -0.1) is 0 Å². The SMILES string of the molecule is COc1cccc2cc([C@@H](C)NC(=O)[C@@H](C)NC(C)=O)oc12. The van der Waals surface area contributed by atoms with Gasteiger partial charge in [-0.1, -0.05) is 12.1 Å². The van der Waals surface area contributed by atoms with Gasteiger partial charge in [-0.2, -0.15) is 0 Å². The summed E-state index contributed by atoms with van der Waals surface area (Å²) in [6.45, 7) is 4.83. The second-order valence-electron chi connectivity index (χ2n) is 5.18. The molecule has 0 bridgehead atoms. The van der Waals surface area contributed by atoms with Crippen LogP contribution in [0.1, 0.15) is 32.6 Å². The van der Waals surface area contributed by atoms with Gasteiger partial charge in [-0.25, -0.2) is 0 Å². The Bertz CT molecular complexity index is 693. The van der Waals surface area contributed by atoms with Crippen LogP contribution in [-0.2, 0) is 9.59 Å². The predicted molar refractivity (Wildman–Crippen MR) is 82.6 cm³/mol. The largest absolute Gasteiger partial charge is 0.493 e. The summed E-state index contributed by atoms with van der Waals surface area (Å²) in [5.41, 5.74) is 0.649. The Hall–Kier alpha value is -2.50. The number of ether oxygens (including phenoxy) is 1. The van der Waals surface area contributed by atoms with Crippen molar-refractivity contribution in [2.45, 2.75) is 32.9 Å². The quantitative estimate of drug-likeness (QED) is 0.887. The van der Waals surface area contributed by atoms with Crippen LogP contribution in [-0.4, -0.2) is 25.0 Å². The van der Waals surface area contributed by atoms with Crippen LogP contribution in [0.2, 0.25) is 0 Å². The average Bonchev–Trinajstić information content (AvgIpc) is 2.90. The summed E-state index contributed by atoms with van der Waals surface area (Å²) < 4.78 is 11.0. The highest BCUT2D eigenvalue weighted by molar-refractivity contribution is 5.87. The summed E-state index contributed by atoms with van der Waals surface area (Å²) in [4.78, 5) is 23.0. The van der Waals surface area contributed by atoms with Gasteiger partial charge in [0, 0.05) is 12.3 Å². The van der Waals surface area contributed by atoms with Gasteiger partial charge in [0.2, 0.25) is 11.8 Å². The van der Waals surface area contributed by atoms with Crippen LogP contribution in [0.4, 0.5) is 0 Å². The molecular weight excluding hydrogens is 284 g/mol. The van der Waals surface area contributed by atoms with Crippen molar-refractivity contribution >= 4 is 22.8 Å². The van der Waals surface area contributed by atoms with Crippen LogP contribution in [0.25, 0.3) is 11.0 Å². The highest BCUT2D eigenvalue weighted by Gasteiger charge is 2.19. The molecule has 0 aliphatic rings. The van der Waals surface area contributed by atoms with Crippen molar-refractivity contribution in [1.29, 1.82) is 0 Å². The fourth-order valence-corrected chi connectivity index (χ4v) is 2.21. The van der Waals surface area contributed by atoms with Gasteiger partial charge in [-0.05, 0) is 26.0 Å². The number of fused-ring (bicyclic) bond motifs is 1. The maximum Gasteiger partial charge on any atom is 0.242 e. The van der Waals surface area contributed by atoms with E-state index < -0.39 is 6.04 Å². The molecule has 0 unspecified atom stereocenters. The third-order valence-corrected chi connectivity index (χ3v) is 3.35. The molecule has 0 aliphatic heterocycles. The lowest BCUT2D eigenvalue weighted by Gasteiger charge is -2.16. The summed E-state index contributed by atoms with van der Waals surface area (Å²) in [6.07, 6.45) is 0. The monoisotopic (exact) mass is 304 g/mol. The molecule has 1 aromatic heterocycles. The number of methoxy groups -OCH3 is 1. The van der Waals surface area contributed by atoms with E-state index in [-0.39, 0.29) is 17.9 Å². The van der Waals surface area contributed by atoms with Gasteiger partial charge in [0.25, 0.3) is 0 Å². The normalized spacial score (nSPS) is 13.5. The third kappa shape index (κ3) is 3.39. The molecule has 6 heteroatoms. The first-order valence-electron chi connectivity index (χ1n) is 7.06. The molecule has 2 aromatic rings. The van der Waals surface area contributed by atoms with Crippen molar-refractivity contribution in [2.75, 3.05) is 7.11 Å². The molecule has 1 aromatic carbocycles. The highest BCUT2D eigenvalue weighted by Crippen LogP contribution is 2.30. The Morgan fingerprint density at radius 2 is 1.95 bits per heavy atom. The zero-order valence-electron chi connectivity index (χ0n) is 13.1. The minimum Gasteiger partial charge on any atom is -0.493 e. The molecule has 2 N–H and O–H groups in total. The van der Waals surface area contributed by atoms with Crippen LogP contribution in [0.3, 0.4) is 0 Å². The molecular formula is C16H20N2O4. The fourth-order valence-electron chi connectivity index (χ4n) is 2.21. The number of nitrogens with one attached hydrogen (secondary N) is 2. The number of furan rings is 1. The van der Waals surface area contributed by atoms with Crippen LogP contribution >= 0.6 is 0 Å². The maximum atomic E-state index is 12.0. The first kappa shape index (κ1) is 15.9. The topological polar surface area (TPSA) is 80.6 Å². The van der Waals surface area contributed by atoms with E-state index in [1.807, 2.05) is 31.2 Å². The zero-order chi connectivity index (χ0) is 16.3. The number of carbonyl (C=O) groups is 2. The van der Waals surface area contributed by atoms with Crippen LogP contribution in [0.5, 0.6) is 5.75 Å². The molecule has 1 heterocycles. The smallest absolute Gasteiger partial charge is 0.242 e. The summed E-state index contributed by atoms with van der Waals surface area (Å²) in [5, 5.41) is 6.26. The molecule has 2 rings (SSSR count). The number of amides is 2. The molecule has 6 nitrogen and oxygen atoms in total. The summed E-state index contributed by atoms with van der Waals surface area (Å²) in [6, 6.07) is 6.56. The molecule has 0 radical (unpaired) electrons. The van der Waals surface area contributed by atoms with E-state index in [2.05, 4.69) is 10.6 Å². The van der Waals surface area contributed by atoms with Gasteiger partial charge >= 0.3 is 0 Å². The molecule has 0 saturated heterocycles. The molecule has 22 heavy (non-hydrogen) atoms. The Morgan fingerprint density at radius 3 is 2.59 bits per heavy atom. The van der Waals surface area contributed by atoms with E-state index in [0.29, 0.717) is 17.1 Å². The Balaban J connectivity index is 2.14. The van der Waals surface area contributed by atoms with Crippen molar-refractivity contribution in [2.24, 2.45) is 0 Å². The number of para-hydroxylation sites is 1. The number of benzene rings is 1. The summed E-state index contributed by atoms with van der Waals surface area (Å²) in [5.74, 6) is 0.760. The van der Waals surface area contributed by atoms with E-state index in [4.69, 9.17) is 9.15 Å². The molecule has 0 fully saturated rings. The lowest BCUT2D eigenvalue weighted by molar-refractivity contribution is -0.128. The lowest BCUT2D eigenvalue weighted by atomic mass is 10.2. The van der Waals surface area contributed by atoms with Gasteiger partial charge < -0.3 is 19.8 Å². The minimum absolute atomic E-state index is 0.247. The molecule has 2 amide bonds. The zero-order valence-corrected chi connectivity index (χ0v) is 13.1. The van der Waals surface area contributed by atoms with E-state index in [0.717, 1.165) is 5.39 Å². The fraction of sp³-hybridized carbons (Fsp3) is 0.375. The minimum atomic E-state index is -0.598. The number of rotatable bonds is 5. The van der Waals surface area contributed by atoms with Crippen LogP contribution in [0, 0.1) is 0 Å². The number of hydrogen-bond acceptors (Lipinski definition) is 4. The molecule has 0 aliphatic carbocycles. The van der Waals surface area contributed by atoms with Crippen LogP contribution in [0.15, 0.2) is 28.7 Å². The Morgan fingerprint density at radius 1 is 1.23 bits per heavy atom. The van der Waals surface area contributed by atoms with E-state index in [1.54, 1.807) is 14.0 Å². The Kier molecular flexibility index (Phi) is 4.70. The molecule has 0 saturated carbocycles. The van der Waals surface area contributed by atoms with Gasteiger partial charge in [0.15, 0.2) is 11.3 Å². The van der Waals surface area contributed by atoms with Crippen molar-refractivity contribution in [3.63, 3.8) is 0 Å². The van der Waals surface area contributed by atoms with Gasteiger partial charge in [0.05, 0.1) is 13.2 Å². The first-order chi connectivity index (χ1) is 10.4. The van der Waals surface area contributed by atoms with Gasteiger partial charge in [-0.3, -0.25) is 9.59 Å². The van der Waals surface area contributed by atoms with Crippen molar-refractivity contribution in [3.8, 4) is 5.75 Å². The second kappa shape index (κ2) is 6.51. The molecule has 118 valence electrons. The second-order valence-corrected chi connectivity index (χ2v) is 5.18. The summed E-state index contributed by atoms with van der Waals surface area (Å²) >= 11 is 0. The Labute approximate surface area is 128 Å². The van der Waals surface area contributed by atoms with Gasteiger partial charge in [0.1, 0.15) is 11.8 Å². The highest BCUT2D eigenvalue weighted by atomic mass is 16.5. The third-order valence-electron chi connectivity index (χ3n) is 3.35.